The first kappa shape index (κ1) is 22.3. The number of rotatable bonds is 8. The second-order valence-electron chi connectivity index (χ2n) is 6.50. The topological polar surface area (TPSA) is 102 Å². The van der Waals surface area contributed by atoms with Crippen LogP contribution in [0.25, 0.3) is 15.9 Å². The molecule has 32 heavy (non-hydrogen) atoms. The number of para-hydroxylation sites is 2. The Kier molecular flexibility index (Phi) is 7.40. The van der Waals surface area contributed by atoms with Crippen LogP contribution in [0.15, 0.2) is 64.1 Å². The average Bonchev–Trinajstić information content (AvgIpc) is 3.40. The van der Waals surface area contributed by atoms with Gasteiger partial charge in [-0.05, 0) is 31.2 Å². The van der Waals surface area contributed by atoms with Gasteiger partial charge in [0.15, 0.2) is 9.50 Å². The first-order valence-corrected chi connectivity index (χ1v) is 12.6. The van der Waals surface area contributed by atoms with E-state index in [9.17, 15) is 9.59 Å². The van der Waals surface area contributed by atoms with Crippen LogP contribution in [0.1, 0.15) is 12.7 Å². The Labute approximate surface area is 197 Å². The van der Waals surface area contributed by atoms with Gasteiger partial charge in [-0.15, -0.1) is 21.5 Å². The van der Waals surface area contributed by atoms with Crippen molar-refractivity contribution in [2.75, 3.05) is 12.3 Å². The maximum absolute atomic E-state index is 12.1. The SMILES string of the molecule is CCNC(=O)NC(=O)CSc1nnc(CSc2nc3ccccc3s2)n1-c1ccccc1. The molecule has 0 radical (unpaired) electrons. The van der Waals surface area contributed by atoms with Crippen LogP contribution in [-0.4, -0.2) is 44.0 Å². The zero-order chi connectivity index (χ0) is 22.3. The first-order chi connectivity index (χ1) is 15.6. The molecule has 164 valence electrons. The van der Waals surface area contributed by atoms with Crippen LogP contribution in [-0.2, 0) is 10.5 Å². The summed E-state index contributed by atoms with van der Waals surface area (Å²) < 4.78 is 4.04. The molecule has 8 nitrogen and oxygen atoms in total. The number of thioether (sulfide) groups is 2. The fraction of sp³-hybridized carbons (Fsp3) is 0.190. The van der Waals surface area contributed by atoms with Crippen LogP contribution in [0.3, 0.4) is 0 Å². The third kappa shape index (κ3) is 5.47. The van der Waals surface area contributed by atoms with Crippen LogP contribution >= 0.6 is 34.9 Å². The molecule has 4 aromatic rings. The fourth-order valence-corrected chi connectivity index (χ4v) is 5.61. The van der Waals surface area contributed by atoms with Crippen molar-refractivity contribution in [2.24, 2.45) is 0 Å². The van der Waals surface area contributed by atoms with Crippen molar-refractivity contribution >= 4 is 57.0 Å². The van der Waals surface area contributed by atoms with Gasteiger partial charge in [0.25, 0.3) is 0 Å². The summed E-state index contributed by atoms with van der Waals surface area (Å²) >= 11 is 4.48. The Morgan fingerprint density at radius 2 is 1.81 bits per heavy atom. The van der Waals surface area contributed by atoms with E-state index in [-0.39, 0.29) is 5.75 Å². The molecule has 0 bridgehead atoms. The number of urea groups is 1. The number of amides is 3. The number of imide groups is 1. The molecular formula is C21H20N6O2S3. The predicted octanol–water partition coefficient (Wildman–Crippen LogP) is 4.11. The molecule has 2 aromatic carbocycles. The lowest BCUT2D eigenvalue weighted by Gasteiger charge is -2.10. The highest BCUT2D eigenvalue weighted by Gasteiger charge is 2.17. The summed E-state index contributed by atoms with van der Waals surface area (Å²) in [4.78, 5) is 28.3. The number of hydrogen-bond donors (Lipinski definition) is 2. The van der Waals surface area contributed by atoms with Crippen LogP contribution in [0, 0.1) is 0 Å². The minimum Gasteiger partial charge on any atom is -0.338 e. The predicted molar refractivity (Wildman–Crippen MR) is 128 cm³/mol. The van der Waals surface area contributed by atoms with Crippen molar-refractivity contribution in [3.63, 3.8) is 0 Å². The quantitative estimate of drug-likeness (QED) is 0.363. The lowest BCUT2D eigenvalue weighted by atomic mass is 10.3. The number of aromatic nitrogens is 4. The molecule has 0 atom stereocenters. The maximum atomic E-state index is 12.1. The molecule has 2 aromatic heterocycles. The Morgan fingerprint density at radius 1 is 1.03 bits per heavy atom. The van der Waals surface area contributed by atoms with E-state index < -0.39 is 11.9 Å². The van der Waals surface area contributed by atoms with E-state index in [0.717, 1.165) is 26.1 Å². The van der Waals surface area contributed by atoms with Crippen molar-refractivity contribution in [2.45, 2.75) is 22.2 Å². The number of fused-ring (bicyclic) bond motifs is 1. The third-order valence-electron chi connectivity index (χ3n) is 4.24. The van der Waals surface area contributed by atoms with E-state index in [4.69, 9.17) is 0 Å². The van der Waals surface area contributed by atoms with Crippen molar-refractivity contribution in [1.82, 2.24) is 30.4 Å². The monoisotopic (exact) mass is 484 g/mol. The summed E-state index contributed by atoms with van der Waals surface area (Å²) in [6.45, 7) is 2.24. The molecule has 3 amide bonds. The van der Waals surface area contributed by atoms with Crippen molar-refractivity contribution in [3.8, 4) is 5.69 Å². The van der Waals surface area contributed by atoms with Gasteiger partial charge in [0, 0.05) is 12.2 Å². The minimum atomic E-state index is -0.504. The van der Waals surface area contributed by atoms with E-state index in [2.05, 4.69) is 31.9 Å². The number of thiazole rings is 1. The van der Waals surface area contributed by atoms with Gasteiger partial charge in [-0.3, -0.25) is 14.7 Å². The van der Waals surface area contributed by atoms with Crippen molar-refractivity contribution in [3.05, 3.63) is 60.4 Å². The van der Waals surface area contributed by atoms with Gasteiger partial charge in [0.1, 0.15) is 5.82 Å². The van der Waals surface area contributed by atoms with E-state index in [1.807, 2.05) is 53.1 Å². The Morgan fingerprint density at radius 3 is 2.59 bits per heavy atom. The average molecular weight is 485 g/mol. The Bertz CT molecular complexity index is 1190. The zero-order valence-electron chi connectivity index (χ0n) is 17.1. The Hall–Kier alpha value is -2.89. The molecule has 0 fully saturated rings. The molecule has 2 heterocycles. The molecule has 4 rings (SSSR count). The van der Waals surface area contributed by atoms with Crippen LogP contribution in [0.5, 0.6) is 0 Å². The van der Waals surface area contributed by atoms with Gasteiger partial charge in [0.2, 0.25) is 5.91 Å². The molecule has 0 aliphatic rings. The smallest absolute Gasteiger partial charge is 0.321 e. The van der Waals surface area contributed by atoms with Gasteiger partial charge in [0.05, 0.1) is 21.7 Å². The van der Waals surface area contributed by atoms with Crippen LogP contribution in [0.2, 0.25) is 0 Å². The van der Waals surface area contributed by atoms with Gasteiger partial charge in [-0.2, -0.15) is 0 Å². The van der Waals surface area contributed by atoms with Gasteiger partial charge >= 0.3 is 6.03 Å². The molecule has 0 unspecified atom stereocenters. The summed E-state index contributed by atoms with van der Waals surface area (Å²) in [6, 6.07) is 17.3. The second kappa shape index (κ2) is 10.6. The number of carbonyl (C=O) groups is 2. The van der Waals surface area contributed by atoms with E-state index >= 15 is 0 Å². The van der Waals surface area contributed by atoms with Gasteiger partial charge in [-0.25, -0.2) is 9.78 Å². The van der Waals surface area contributed by atoms with Crippen molar-refractivity contribution in [1.29, 1.82) is 0 Å². The number of benzene rings is 2. The van der Waals surface area contributed by atoms with Gasteiger partial charge < -0.3 is 5.32 Å². The first-order valence-electron chi connectivity index (χ1n) is 9.82. The lowest BCUT2D eigenvalue weighted by Crippen LogP contribution is -2.40. The molecule has 0 saturated carbocycles. The summed E-state index contributed by atoms with van der Waals surface area (Å²) in [7, 11) is 0. The third-order valence-corrected chi connectivity index (χ3v) is 7.34. The minimum absolute atomic E-state index is 0.0487. The summed E-state index contributed by atoms with van der Waals surface area (Å²) in [6.07, 6.45) is 0. The number of nitrogens with zero attached hydrogens (tertiary/aromatic N) is 4. The molecule has 0 spiro atoms. The fourth-order valence-electron chi connectivity index (χ4n) is 2.86. The van der Waals surface area contributed by atoms with E-state index in [1.54, 1.807) is 30.0 Å². The van der Waals surface area contributed by atoms with Crippen LogP contribution in [0.4, 0.5) is 4.79 Å². The van der Waals surface area contributed by atoms with E-state index in [0.29, 0.717) is 17.5 Å². The Balaban J connectivity index is 1.50. The molecule has 0 aliphatic heterocycles. The molecule has 0 saturated heterocycles. The highest BCUT2D eigenvalue weighted by Crippen LogP contribution is 2.32. The van der Waals surface area contributed by atoms with Gasteiger partial charge in [-0.1, -0.05) is 53.9 Å². The number of carbonyl (C=O) groups excluding carboxylic acids is 2. The zero-order valence-corrected chi connectivity index (χ0v) is 19.6. The van der Waals surface area contributed by atoms with Crippen LogP contribution < -0.4 is 10.6 Å². The summed E-state index contributed by atoms with van der Waals surface area (Å²) in [5.74, 6) is 0.988. The van der Waals surface area contributed by atoms with E-state index in [1.165, 1.54) is 11.8 Å². The molecule has 2 N–H and O–H groups in total. The maximum Gasteiger partial charge on any atom is 0.321 e. The number of nitrogens with one attached hydrogen (secondary N) is 2. The largest absolute Gasteiger partial charge is 0.338 e. The number of hydrogen-bond acceptors (Lipinski definition) is 8. The van der Waals surface area contributed by atoms with Crippen molar-refractivity contribution < 1.29 is 9.59 Å². The lowest BCUT2D eigenvalue weighted by molar-refractivity contribution is -0.117. The molecule has 0 aliphatic carbocycles. The summed E-state index contributed by atoms with van der Waals surface area (Å²) in [5, 5.41) is 14.1. The summed E-state index contributed by atoms with van der Waals surface area (Å²) in [5.41, 5.74) is 1.89. The second-order valence-corrected chi connectivity index (χ2v) is 9.70. The standard InChI is InChI=1S/C21H20N6O2S3/c1-2-22-19(29)24-18(28)13-30-20-26-25-17(27(20)14-8-4-3-5-9-14)12-31-21-23-15-10-6-7-11-16(15)32-21/h3-11H,2,12-13H2,1H3,(H2,22,24,28,29). The molecule has 11 heteroatoms. The highest BCUT2D eigenvalue weighted by atomic mass is 32.2. The molecular weight excluding hydrogens is 464 g/mol. The normalized spacial score (nSPS) is 10.9. The highest BCUT2D eigenvalue weighted by molar-refractivity contribution is 8.00.